The van der Waals surface area contributed by atoms with Gasteiger partial charge in [-0.3, -0.25) is 4.79 Å². The summed E-state index contributed by atoms with van der Waals surface area (Å²) in [4.78, 5) is 26.3. The molecule has 9 nitrogen and oxygen atoms in total. The van der Waals surface area contributed by atoms with E-state index in [0.717, 1.165) is 0 Å². The summed E-state index contributed by atoms with van der Waals surface area (Å²) in [6.07, 6.45) is 0.413. The second-order valence-corrected chi connectivity index (χ2v) is 7.51. The largest absolute Gasteiger partial charge is 0.764 e. The molecule has 0 spiro atoms. The Labute approximate surface area is 181 Å². The third kappa shape index (κ3) is 8.00. The van der Waals surface area contributed by atoms with E-state index in [1.165, 1.54) is 0 Å². The normalized spacial score (nSPS) is 11.8. The lowest BCUT2D eigenvalue weighted by molar-refractivity contribution is -0.385. The van der Waals surface area contributed by atoms with Gasteiger partial charge in [0.25, 0.3) is 5.91 Å². The first-order chi connectivity index (χ1) is 15.2. The topological polar surface area (TPSA) is 93.7 Å². The van der Waals surface area contributed by atoms with Gasteiger partial charge in [0.05, 0.1) is 19.8 Å². The molecule has 0 aromatic heterocycles. The number of rotatable bonds is 16. The van der Waals surface area contributed by atoms with Crippen molar-refractivity contribution in [1.82, 2.24) is 5.32 Å². The molecule has 0 fully saturated rings. The monoisotopic (exact) mass is 493 g/mol. The van der Waals surface area contributed by atoms with E-state index >= 15 is 0 Å². The highest BCUT2D eigenvalue weighted by Gasteiger charge is 2.52. The molecule has 0 unspecified atom stereocenters. The van der Waals surface area contributed by atoms with Crippen LogP contribution < -0.4 is 5.32 Å². The third-order valence-electron chi connectivity index (χ3n) is 3.41. The van der Waals surface area contributed by atoms with Gasteiger partial charge < -0.3 is 9.74 Å². The zero-order valence-corrected chi connectivity index (χ0v) is 18.6. The Balaban J connectivity index is 2.60. The van der Waals surface area contributed by atoms with Gasteiger partial charge in [0, 0.05) is 13.2 Å². The van der Waals surface area contributed by atoms with Gasteiger partial charge in [0.2, 0.25) is 5.82 Å². The molecule has 0 radical (unpaired) electrons. The predicted octanol–water partition coefficient (Wildman–Crippen LogP) is 3.25. The van der Waals surface area contributed by atoms with Crippen LogP contribution in [0.1, 0.15) is 44.0 Å². The van der Waals surface area contributed by atoms with E-state index in [1.54, 1.807) is 20.8 Å². The molecular weight excluding hydrogens is 469 g/mol. The summed E-state index contributed by atoms with van der Waals surface area (Å²) in [5, 5.41) is 2.07. The van der Waals surface area contributed by atoms with Gasteiger partial charge in [-0.15, -0.1) is 0 Å². The molecule has 0 saturated carbocycles. The van der Waals surface area contributed by atoms with E-state index in [-0.39, 0.29) is 45.8 Å². The van der Waals surface area contributed by atoms with Crippen molar-refractivity contribution in [3.8, 4) is 0 Å². The van der Waals surface area contributed by atoms with Gasteiger partial charge in [0.1, 0.15) is 5.56 Å². The molecule has 32 heavy (non-hydrogen) atoms. The lowest BCUT2D eigenvalue weighted by atomic mass is 10.1. The summed E-state index contributed by atoms with van der Waals surface area (Å²) in [6.45, 7) is 5.06. The van der Waals surface area contributed by atoms with Crippen molar-refractivity contribution in [2.24, 2.45) is 0 Å². The Morgan fingerprint density at radius 2 is 1.19 bits per heavy atom. The average molecular weight is 493 g/mol. The first-order valence-corrected chi connectivity index (χ1v) is 11.2. The third-order valence-corrected chi connectivity index (χ3v) is 4.93. The fourth-order valence-electron chi connectivity index (χ4n) is 2.03. The Kier molecular flexibility index (Phi) is 12.8. The van der Waals surface area contributed by atoms with Gasteiger partial charge in [-0.1, -0.05) is 0 Å². The smallest absolute Gasteiger partial charge is 0.352 e. The fourth-order valence-corrected chi connectivity index (χ4v) is 3.43. The molecule has 0 heterocycles. The molecule has 1 aromatic carbocycles. The summed E-state index contributed by atoms with van der Waals surface area (Å²) < 4.78 is 87.2. The van der Waals surface area contributed by atoms with Crippen molar-refractivity contribution in [3.63, 3.8) is 0 Å². The van der Waals surface area contributed by atoms with Gasteiger partial charge in [-0.05, 0) is 33.6 Å². The van der Waals surface area contributed by atoms with Gasteiger partial charge in [-0.25, -0.2) is 36.6 Å². The molecule has 0 saturated heterocycles. The van der Waals surface area contributed by atoms with E-state index in [9.17, 15) is 26.7 Å². The maximum absolute atomic E-state index is 13.6. The van der Waals surface area contributed by atoms with E-state index < -0.39 is 49.6 Å². The molecule has 0 aliphatic heterocycles. The SMILES string of the molecule is CCOO[Si](OCCCCNC(=O)c1c(F)c(F)c(F)c(F)c1F)(OOCC)OOCC. The van der Waals surface area contributed by atoms with Crippen LogP contribution >= 0.6 is 0 Å². The quantitative estimate of drug-likeness (QED) is 0.0714. The first-order valence-electron chi connectivity index (χ1n) is 9.60. The summed E-state index contributed by atoms with van der Waals surface area (Å²) in [5.74, 6) is -12.6. The molecule has 1 amide bonds. The van der Waals surface area contributed by atoms with Crippen molar-refractivity contribution in [2.75, 3.05) is 33.0 Å². The van der Waals surface area contributed by atoms with Gasteiger partial charge in [-0.2, -0.15) is 13.7 Å². The maximum atomic E-state index is 13.6. The lowest BCUT2D eigenvalue weighted by Gasteiger charge is -2.23. The van der Waals surface area contributed by atoms with Crippen LogP contribution in [-0.4, -0.2) is 47.9 Å². The summed E-state index contributed by atoms with van der Waals surface area (Å²) in [5.41, 5.74) is -1.57. The highest BCUT2D eigenvalue weighted by molar-refractivity contribution is 6.52. The zero-order valence-electron chi connectivity index (χ0n) is 17.6. The number of halogens is 5. The molecule has 0 aliphatic carbocycles. The Bertz CT molecular complexity index is 695. The Morgan fingerprint density at radius 3 is 1.62 bits per heavy atom. The zero-order chi connectivity index (χ0) is 24.1. The van der Waals surface area contributed by atoms with E-state index in [0.29, 0.717) is 0 Å². The van der Waals surface area contributed by atoms with E-state index in [2.05, 4.69) is 5.32 Å². The number of benzene rings is 1. The minimum absolute atomic E-state index is 0.0716. The fraction of sp³-hybridized carbons (Fsp3) is 0.588. The van der Waals surface area contributed by atoms with Crippen molar-refractivity contribution < 1.29 is 59.6 Å². The number of unbranched alkanes of at least 4 members (excludes halogenated alkanes) is 1. The summed E-state index contributed by atoms with van der Waals surface area (Å²) >= 11 is 0. The molecule has 0 bridgehead atoms. The van der Waals surface area contributed by atoms with Crippen LogP contribution in [-0.2, 0) is 32.8 Å². The summed E-state index contributed by atoms with van der Waals surface area (Å²) in [7, 11) is -4.00. The van der Waals surface area contributed by atoms with Crippen molar-refractivity contribution in [3.05, 3.63) is 34.6 Å². The number of amides is 1. The van der Waals surface area contributed by atoms with Crippen LogP contribution in [0.5, 0.6) is 0 Å². The molecular formula is C17H24F5NO8Si. The highest BCUT2D eigenvalue weighted by atomic mass is 28.4. The van der Waals surface area contributed by atoms with E-state index in [4.69, 9.17) is 32.8 Å². The van der Waals surface area contributed by atoms with Crippen molar-refractivity contribution in [2.45, 2.75) is 33.6 Å². The number of nitrogens with one attached hydrogen (secondary N) is 1. The van der Waals surface area contributed by atoms with Gasteiger partial charge >= 0.3 is 9.05 Å². The summed E-state index contributed by atoms with van der Waals surface area (Å²) in [6, 6.07) is 0. The van der Waals surface area contributed by atoms with Crippen molar-refractivity contribution in [1.29, 1.82) is 0 Å². The van der Waals surface area contributed by atoms with Crippen LogP contribution in [0.2, 0.25) is 0 Å². The van der Waals surface area contributed by atoms with Crippen LogP contribution in [0.15, 0.2) is 0 Å². The second-order valence-electron chi connectivity index (χ2n) is 5.73. The predicted molar refractivity (Wildman–Crippen MR) is 97.6 cm³/mol. The molecule has 0 aliphatic rings. The molecule has 15 heteroatoms. The van der Waals surface area contributed by atoms with Crippen LogP contribution in [0.4, 0.5) is 22.0 Å². The number of carbonyl (C=O) groups excluding carboxylic acids is 1. The van der Waals surface area contributed by atoms with Gasteiger partial charge in [0.15, 0.2) is 23.3 Å². The van der Waals surface area contributed by atoms with Crippen molar-refractivity contribution >= 4 is 15.0 Å². The minimum Gasteiger partial charge on any atom is -0.352 e. The van der Waals surface area contributed by atoms with Crippen LogP contribution in [0.25, 0.3) is 0 Å². The number of hydrogen-bond acceptors (Lipinski definition) is 8. The molecule has 1 rings (SSSR count). The lowest BCUT2D eigenvalue weighted by Crippen LogP contribution is -2.49. The average Bonchev–Trinajstić information content (AvgIpc) is 2.79. The molecule has 1 aromatic rings. The number of hydrogen-bond donors (Lipinski definition) is 1. The maximum Gasteiger partial charge on any atom is 0.764 e. The van der Waals surface area contributed by atoms with Crippen LogP contribution in [0.3, 0.4) is 0 Å². The molecule has 0 atom stereocenters. The standard InChI is InChI=1S/C17H24F5NO8Si/c1-4-25-29-32(30-26-5-2,31-27-6-3)28-10-8-7-9-23-17(24)11-12(18)14(20)16(22)15(21)13(11)19/h4-10H2,1-3H3,(H,23,24). The Hall–Kier alpha value is -1.72. The molecule has 184 valence electrons. The van der Waals surface area contributed by atoms with Crippen LogP contribution in [0, 0.1) is 29.1 Å². The second kappa shape index (κ2) is 14.4. The Morgan fingerprint density at radius 1 is 0.750 bits per heavy atom. The highest BCUT2D eigenvalue weighted by Crippen LogP contribution is 2.23. The minimum atomic E-state index is -4.00. The van der Waals surface area contributed by atoms with E-state index in [1.807, 2.05) is 0 Å². The first kappa shape index (κ1) is 28.3. The number of carbonyl (C=O) groups is 1. The molecule has 1 N–H and O–H groups in total.